The van der Waals surface area contributed by atoms with Gasteiger partial charge in [0.25, 0.3) is 0 Å². The molecule has 0 saturated carbocycles. The van der Waals surface area contributed by atoms with Gasteiger partial charge in [0.1, 0.15) is 59.4 Å². The van der Waals surface area contributed by atoms with E-state index in [0.29, 0.717) is 48.5 Å². The lowest BCUT2D eigenvalue weighted by Crippen LogP contribution is -2.63. The van der Waals surface area contributed by atoms with E-state index in [9.17, 15) is 48.3 Å². The maximum absolute atomic E-state index is 14.4. The maximum Gasteiger partial charge on any atom is 0.409 e. The Labute approximate surface area is 600 Å². The molecule has 2 saturated heterocycles. The molecular formula is C72H100ClN11O18. The summed E-state index contributed by atoms with van der Waals surface area (Å²) in [5.41, 5.74) is 11.5. The zero-order valence-electron chi connectivity index (χ0n) is 59.9. The number of nitrogens with zero attached hydrogens (tertiary/aromatic N) is 2. The third-order valence-electron chi connectivity index (χ3n) is 18.4. The summed E-state index contributed by atoms with van der Waals surface area (Å²) in [6.07, 6.45) is 2.48. The molecular weight excluding hydrogens is 1340 g/mol. The average molecular weight is 1440 g/mol. The predicted octanol–water partition coefficient (Wildman–Crippen LogP) is 5.56. The molecule has 558 valence electrons. The molecule has 1 aliphatic carbocycles. The Morgan fingerprint density at radius 2 is 1.64 bits per heavy atom. The average Bonchev–Trinajstić information content (AvgIpc) is 1.55. The second-order valence-corrected chi connectivity index (χ2v) is 26.9. The molecule has 11 atom stereocenters. The number of nitrogens with one attached hydrogen (secondary N) is 8. The van der Waals surface area contributed by atoms with E-state index in [0.717, 1.165) is 17.7 Å². The Balaban J connectivity index is 0.877. The van der Waals surface area contributed by atoms with Gasteiger partial charge in [-0.05, 0) is 112 Å². The topological polar surface area (TPSA) is 380 Å². The number of fused-ring (bicyclic) bond motifs is 6. The van der Waals surface area contributed by atoms with Crippen LogP contribution in [-0.4, -0.2) is 199 Å². The standard InChI is InChI=1S/C72H100ClN11O18/c1-42(2)63(81-60(86)27-30-97-32-33-98-31-29-76-59(85)26-25-52-49(40-83(8)75-7)37-48-17-12-13-18-51(48)52)66(89)80-53(19-15-28-77-68(74)91)65(88)79-50-23-21-46(22-24-50)41-99-69(92)78-45(5)67(90)101-58-38-61(87)84(9)54-35-47(36-55(95-10)62(54)73)34-43(3)16-14-20-57(96-11)72(94)39-56(100-70(93)82-72)44(4)64-71(58,6)102-64/h12-14,16-18,20-24,35-37,42,44-45,52-53,56-58,63-64,75,94H,15,19,25-34,38-41H2,1-11H3,(H,76,85)(H,78,92)(H,79,88)(H,80,89)(H,81,86)(H,82,93)(H3,74,77,91)/b20-14+,43-16+/t44-,45+,52?,53+,56+,57-,58+,63+,64+,71+,72+/m1/s1. The number of halogens is 1. The molecule has 3 aliphatic heterocycles. The molecule has 1 unspecified atom stereocenters. The molecule has 102 heavy (non-hydrogen) atoms. The van der Waals surface area contributed by atoms with Crippen molar-refractivity contribution in [1.82, 2.24) is 42.3 Å². The van der Waals surface area contributed by atoms with Crippen molar-refractivity contribution in [2.75, 3.05) is 91.6 Å². The molecule has 11 N–H and O–H groups in total. The number of esters is 1. The molecule has 0 radical (unpaired) electrons. The van der Waals surface area contributed by atoms with Gasteiger partial charge in [-0.3, -0.25) is 34.7 Å². The number of hydrogen-bond acceptors (Lipinski definition) is 20. The van der Waals surface area contributed by atoms with E-state index in [-0.39, 0.29) is 82.1 Å². The number of alkyl carbamates (subject to hydrolysis) is 2. The van der Waals surface area contributed by atoms with Crippen molar-refractivity contribution in [3.05, 3.63) is 117 Å². The number of benzene rings is 3. The first-order valence-corrected chi connectivity index (χ1v) is 34.6. The zero-order valence-corrected chi connectivity index (χ0v) is 60.7. The van der Waals surface area contributed by atoms with E-state index >= 15 is 0 Å². The van der Waals surface area contributed by atoms with E-state index in [2.05, 4.69) is 60.9 Å². The number of urea groups is 1. The smallest absolute Gasteiger partial charge is 0.409 e. The molecule has 30 heteroatoms. The van der Waals surface area contributed by atoms with E-state index in [1.807, 2.05) is 44.2 Å². The maximum atomic E-state index is 14.4. The van der Waals surface area contributed by atoms with Gasteiger partial charge in [-0.1, -0.05) is 98.6 Å². The molecule has 3 heterocycles. The van der Waals surface area contributed by atoms with Crippen molar-refractivity contribution in [2.45, 2.75) is 159 Å². The fraction of sp³-hybridized carbons (Fsp3) is 0.542. The molecule has 0 aromatic heterocycles. The number of hydrazine groups is 1. The Morgan fingerprint density at radius 3 is 2.33 bits per heavy atom. The molecule has 4 bridgehead atoms. The van der Waals surface area contributed by atoms with E-state index in [4.69, 9.17) is 55.2 Å². The highest BCUT2D eigenvalue weighted by Crippen LogP contribution is 2.49. The highest BCUT2D eigenvalue weighted by Gasteiger charge is 2.64. The van der Waals surface area contributed by atoms with Crippen molar-refractivity contribution in [3.63, 3.8) is 0 Å². The van der Waals surface area contributed by atoms with Crippen LogP contribution in [0.1, 0.15) is 115 Å². The lowest BCUT2D eigenvalue weighted by molar-refractivity contribution is -0.155. The molecule has 7 rings (SSSR count). The van der Waals surface area contributed by atoms with Gasteiger partial charge in [-0.25, -0.2) is 24.2 Å². The fourth-order valence-electron chi connectivity index (χ4n) is 12.4. The normalized spacial score (nSPS) is 23.4. The minimum Gasteiger partial charge on any atom is -0.495 e. The van der Waals surface area contributed by atoms with Gasteiger partial charge in [0, 0.05) is 77.6 Å². The van der Waals surface area contributed by atoms with Gasteiger partial charge in [-0.15, -0.1) is 0 Å². The summed E-state index contributed by atoms with van der Waals surface area (Å²) < 4.78 is 46.1. The van der Waals surface area contributed by atoms with Crippen LogP contribution in [0.2, 0.25) is 5.02 Å². The first kappa shape index (κ1) is 80.6. The third kappa shape index (κ3) is 22.9. The Hall–Kier alpha value is -8.68. The van der Waals surface area contributed by atoms with Gasteiger partial charge in [0.15, 0.2) is 5.72 Å². The summed E-state index contributed by atoms with van der Waals surface area (Å²) >= 11 is 6.83. The van der Waals surface area contributed by atoms with Crippen LogP contribution in [0.3, 0.4) is 0 Å². The van der Waals surface area contributed by atoms with E-state index in [1.54, 1.807) is 76.2 Å². The number of hydrogen-bond donors (Lipinski definition) is 10. The van der Waals surface area contributed by atoms with Gasteiger partial charge < -0.3 is 85.5 Å². The molecule has 29 nitrogen and oxygen atoms in total. The van der Waals surface area contributed by atoms with E-state index < -0.39 is 120 Å². The highest BCUT2D eigenvalue weighted by molar-refractivity contribution is 6.35. The summed E-state index contributed by atoms with van der Waals surface area (Å²) in [5.74, 6) is -3.83. The lowest BCUT2D eigenvalue weighted by atomic mass is 9.83. The third-order valence-corrected chi connectivity index (χ3v) is 18.8. The summed E-state index contributed by atoms with van der Waals surface area (Å²) in [6.45, 7) is 11.7. The molecule has 2 fully saturated rings. The van der Waals surface area contributed by atoms with Gasteiger partial charge in [-0.2, -0.15) is 0 Å². The number of methoxy groups -OCH3 is 2. The monoisotopic (exact) mass is 1440 g/mol. The number of rotatable bonds is 32. The van der Waals surface area contributed by atoms with Crippen LogP contribution < -0.4 is 58.0 Å². The minimum atomic E-state index is -1.91. The number of likely N-dealkylation sites (N-methyl/N-ethyl adjacent to an activating group) is 1. The SMILES string of the molecule is CNN(C)CC1=Cc2ccccc2C1CCC(=O)NCCOCCOCCC(=O)N[C@H](C(=O)N[C@@H](CCCNC(N)=O)C(=O)Nc1ccc(COC(=O)N[C@@H](C)C(=O)O[C@H]2CC(=O)N(C)c3cc(cc(OC)c3Cl)C/C(C)=C/C=C/[C@@H](OC)[C@@]3(O)C[C@H](OC(=O)N3)[C@@H](C)[C@@H]3O[C@@]23C)cc1)C(C)C. The number of allylic oxidation sites excluding steroid dienone is 3. The zero-order chi connectivity index (χ0) is 74.4. The van der Waals surface area contributed by atoms with Crippen LogP contribution in [0.25, 0.3) is 6.08 Å². The number of ether oxygens (including phenoxy) is 8. The molecule has 3 aromatic carbocycles. The van der Waals surface area contributed by atoms with Crippen LogP contribution in [-0.2, 0) is 75.0 Å². The number of nitrogens with two attached hydrogens (primary N) is 1. The van der Waals surface area contributed by atoms with Gasteiger partial charge >= 0.3 is 24.2 Å². The second-order valence-electron chi connectivity index (χ2n) is 26.5. The van der Waals surface area contributed by atoms with Crippen LogP contribution in [0.4, 0.5) is 25.8 Å². The summed E-state index contributed by atoms with van der Waals surface area (Å²) in [7, 11) is 8.22. The van der Waals surface area contributed by atoms with Crippen LogP contribution in [0.15, 0.2) is 90.0 Å². The fourth-order valence-corrected chi connectivity index (χ4v) is 12.8. The number of aliphatic hydroxyl groups is 1. The number of amides is 9. The second kappa shape index (κ2) is 38.0. The highest BCUT2D eigenvalue weighted by atomic mass is 35.5. The Morgan fingerprint density at radius 1 is 0.912 bits per heavy atom. The quantitative estimate of drug-likeness (QED) is 0.0120. The van der Waals surface area contributed by atoms with Crippen LogP contribution in [0.5, 0.6) is 5.75 Å². The van der Waals surface area contributed by atoms with Gasteiger partial charge in [0.05, 0.1) is 51.7 Å². The van der Waals surface area contributed by atoms with Crippen LogP contribution >= 0.6 is 11.6 Å². The number of anilines is 2. The number of carbonyl (C=O) groups is 9. The van der Waals surface area contributed by atoms with Crippen molar-refractivity contribution >= 4 is 82.8 Å². The van der Waals surface area contributed by atoms with Gasteiger partial charge in [0.2, 0.25) is 29.5 Å². The molecule has 3 aromatic rings. The van der Waals surface area contributed by atoms with E-state index in [1.165, 1.54) is 49.8 Å². The van der Waals surface area contributed by atoms with Crippen molar-refractivity contribution in [2.24, 2.45) is 17.6 Å². The number of epoxide rings is 1. The Kier molecular flexibility index (Phi) is 30.0. The summed E-state index contributed by atoms with van der Waals surface area (Å²) in [4.78, 5) is 121. The largest absolute Gasteiger partial charge is 0.495 e. The summed E-state index contributed by atoms with van der Waals surface area (Å²) in [5, 5.41) is 32.7. The number of primary amides is 1. The lowest BCUT2D eigenvalue weighted by Gasteiger charge is -2.42. The van der Waals surface area contributed by atoms with Crippen molar-refractivity contribution in [3.8, 4) is 5.75 Å². The first-order valence-electron chi connectivity index (χ1n) is 34.2. The van der Waals surface area contributed by atoms with Crippen LogP contribution in [0, 0.1) is 11.8 Å². The Bertz CT molecular complexity index is 3540. The minimum absolute atomic E-state index is 0.0351. The predicted molar refractivity (Wildman–Crippen MR) is 379 cm³/mol. The molecule has 9 amide bonds. The van der Waals surface area contributed by atoms with Crippen molar-refractivity contribution < 1.29 is 86.2 Å². The first-order chi connectivity index (χ1) is 48.6. The number of carbonyl (C=O) groups excluding carboxylic acids is 9. The van der Waals surface area contributed by atoms with Crippen molar-refractivity contribution in [1.29, 1.82) is 0 Å². The molecule has 0 spiro atoms. The summed E-state index contributed by atoms with van der Waals surface area (Å²) in [6, 6.07) is 13.7. The molecule has 4 aliphatic rings.